The van der Waals surface area contributed by atoms with E-state index in [1.54, 1.807) is 5.12 Å². The molecule has 0 atom stereocenters. The van der Waals surface area contributed by atoms with Crippen molar-refractivity contribution in [2.45, 2.75) is 0 Å². The van der Waals surface area contributed by atoms with Crippen molar-refractivity contribution in [1.29, 1.82) is 0 Å². The van der Waals surface area contributed by atoms with E-state index in [2.05, 4.69) is 0 Å². The van der Waals surface area contributed by atoms with Gasteiger partial charge in [-0.05, 0) is 18.2 Å². The van der Waals surface area contributed by atoms with E-state index < -0.39 is 0 Å². The minimum Gasteiger partial charge on any atom is -0.268 e. The molecule has 0 aliphatic carbocycles. The largest absolute Gasteiger partial charge is 0.268 e. The molecule has 1 aromatic carbocycles. The SMILES string of the molecule is NN1C=CCN1c1ccccc1. The van der Waals surface area contributed by atoms with Gasteiger partial charge in [0.15, 0.2) is 0 Å². The summed E-state index contributed by atoms with van der Waals surface area (Å²) in [5.74, 6) is 5.68. The number of benzene rings is 1. The van der Waals surface area contributed by atoms with Crippen LogP contribution < -0.4 is 10.9 Å². The standard InChI is InChI=1S/C9H11N3/c10-12-8-4-7-11(12)9-5-2-1-3-6-9/h1-6,8H,7,10H2. The Morgan fingerprint density at radius 1 is 1.17 bits per heavy atom. The quantitative estimate of drug-likeness (QED) is 0.626. The molecule has 1 aliphatic heterocycles. The maximum Gasteiger partial charge on any atom is 0.0609 e. The molecule has 2 rings (SSSR count). The topological polar surface area (TPSA) is 32.5 Å². The highest BCUT2D eigenvalue weighted by Gasteiger charge is 2.11. The molecule has 2 N–H and O–H groups in total. The van der Waals surface area contributed by atoms with Crippen molar-refractivity contribution in [3.63, 3.8) is 0 Å². The van der Waals surface area contributed by atoms with E-state index in [1.165, 1.54) is 0 Å². The second-order valence-corrected chi connectivity index (χ2v) is 2.68. The predicted molar refractivity (Wildman–Crippen MR) is 49.0 cm³/mol. The molecule has 1 aliphatic rings. The molecule has 0 bridgehead atoms. The summed E-state index contributed by atoms with van der Waals surface area (Å²) in [4.78, 5) is 0. The second-order valence-electron chi connectivity index (χ2n) is 2.68. The summed E-state index contributed by atoms with van der Waals surface area (Å²) in [5.41, 5.74) is 1.12. The van der Waals surface area contributed by atoms with E-state index in [0.29, 0.717) is 0 Å². The van der Waals surface area contributed by atoms with E-state index in [4.69, 9.17) is 5.84 Å². The van der Waals surface area contributed by atoms with Gasteiger partial charge in [0.25, 0.3) is 0 Å². The van der Waals surface area contributed by atoms with Crippen molar-refractivity contribution in [3.05, 3.63) is 42.6 Å². The maximum atomic E-state index is 5.68. The van der Waals surface area contributed by atoms with Gasteiger partial charge in [-0.3, -0.25) is 5.01 Å². The average molecular weight is 161 g/mol. The molecule has 1 aromatic rings. The van der Waals surface area contributed by atoms with E-state index in [-0.39, 0.29) is 0 Å². The van der Waals surface area contributed by atoms with Crippen LogP contribution in [0, 0.1) is 0 Å². The highest BCUT2D eigenvalue weighted by atomic mass is 15.8. The Kier molecular flexibility index (Phi) is 1.72. The van der Waals surface area contributed by atoms with Crippen molar-refractivity contribution in [1.82, 2.24) is 5.12 Å². The van der Waals surface area contributed by atoms with Gasteiger partial charge in [0.2, 0.25) is 0 Å². The third kappa shape index (κ3) is 1.14. The molecule has 0 spiro atoms. The van der Waals surface area contributed by atoms with Crippen LogP contribution in [0.5, 0.6) is 0 Å². The number of nitrogens with two attached hydrogens (primary N) is 1. The van der Waals surface area contributed by atoms with Gasteiger partial charge < -0.3 is 0 Å². The molecular formula is C9H11N3. The summed E-state index contributed by atoms with van der Waals surface area (Å²) < 4.78 is 0. The predicted octanol–water partition coefficient (Wildman–Crippen LogP) is 1.11. The number of para-hydroxylation sites is 1. The van der Waals surface area contributed by atoms with Gasteiger partial charge >= 0.3 is 0 Å². The summed E-state index contributed by atoms with van der Waals surface area (Å²) in [6.45, 7) is 0.848. The van der Waals surface area contributed by atoms with E-state index >= 15 is 0 Å². The molecule has 0 aromatic heterocycles. The number of anilines is 1. The molecule has 0 amide bonds. The van der Waals surface area contributed by atoms with Crippen molar-refractivity contribution < 1.29 is 0 Å². The lowest BCUT2D eigenvalue weighted by molar-refractivity contribution is 0.393. The number of hydrogen-bond donors (Lipinski definition) is 1. The molecule has 12 heavy (non-hydrogen) atoms. The molecule has 62 valence electrons. The fourth-order valence-electron chi connectivity index (χ4n) is 1.27. The van der Waals surface area contributed by atoms with Crippen LogP contribution in [0.2, 0.25) is 0 Å². The smallest absolute Gasteiger partial charge is 0.0609 e. The number of nitrogens with zero attached hydrogens (tertiary/aromatic N) is 2. The molecule has 0 saturated carbocycles. The first-order chi connectivity index (χ1) is 5.88. The Labute approximate surface area is 71.6 Å². The van der Waals surface area contributed by atoms with E-state index in [0.717, 1.165) is 12.2 Å². The average Bonchev–Trinajstić information content (AvgIpc) is 2.53. The summed E-state index contributed by atoms with van der Waals surface area (Å²) in [6, 6.07) is 10.1. The van der Waals surface area contributed by atoms with Crippen LogP contribution in [0.25, 0.3) is 0 Å². The van der Waals surface area contributed by atoms with Crippen LogP contribution in [0.3, 0.4) is 0 Å². The van der Waals surface area contributed by atoms with Crippen LogP contribution in [0.15, 0.2) is 42.6 Å². The van der Waals surface area contributed by atoms with Crippen molar-refractivity contribution in [2.75, 3.05) is 11.6 Å². The van der Waals surface area contributed by atoms with Gasteiger partial charge in [-0.15, -0.1) is 0 Å². The highest BCUT2D eigenvalue weighted by molar-refractivity contribution is 5.46. The third-order valence-corrected chi connectivity index (χ3v) is 1.87. The lowest BCUT2D eigenvalue weighted by Crippen LogP contribution is -2.40. The van der Waals surface area contributed by atoms with Gasteiger partial charge in [-0.2, -0.15) is 0 Å². The Bertz CT molecular complexity index is 281. The van der Waals surface area contributed by atoms with Crippen molar-refractivity contribution >= 4 is 5.69 Å². The lowest BCUT2D eigenvalue weighted by atomic mass is 10.3. The Balaban J connectivity index is 2.22. The monoisotopic (exact) mass is 161 g/mol. The first-order valence-electron chi connectivity index (χ1n) is 3.91. The highest BCUT2D eigenvalue weighted by Crippen LogP contribution is 2.16. The summed E-state index contributed by atoms with van der Waals surface area (Å²) in [7, 11) is 0. The maximum absolute atomic E-state index is 5.68. The second kappa shape index (κ2) is 2.87. The van der Waals surface area contributed by atoms with Gasteiger partial charge in [-0.1, -0.05) is 18.2 Å². The van der Waals surface area contributed by atoms with Crippen LogP contribution in [-0.2, 0) is 0 Å². The zero-order valence-electron chi connectivity index (χ0n) is 6.72. The molecule has 0 saturated heterocycles. The van der Waals surface area contributed by atoms with Gasteiger partial charge in [-0.25, -0.2) is 11.0 Å². The summed E-state index contributed by atoms with van der Waals surface area (Å²) in [6.07, 6.45) is 3.88. The fraction of sp³-hybridized carbons (Fsp3) is 0.111. The zero-order valence-corrected chi connectivity index (χ0v) is 6.72. The van der Waals surface area contributed by atoms with Crippen molar-refractivity contribution in [3.8, 4) is 0 Å². The van der Waals surface area contributed by atoms with Gasteiger partial charge in [0, 0.05) is 6.20 Å². The normalized spacial score (nSPS) is 15.8. The first-order valence-corrected chi connectivity index (χ1v) is 3.91. The fourth-order valence-corrected chi connectivity index (χ4v) is 1.27. The molecule has 1 heterocycles. The molecule has 3 heteroatoms. The Hall–Kier alpha value is -1.48. The minimum atomic E-state index is 0.848. The molecule has 0 radical (unpaired) electrons. The minimum absolute atomic E-state index is 0.848. The van der Waals surface area contributed by atoms with Crippen LogP contribution >= 0.6 is 0 Å². The summed E-state index contributed by atoms with van der Waals surface area (Å²) in [5, 5.41) is 3.58. The third-order valence-electron chi connectivity index (χ3n) is 1.87. The molecular weight excluding hydrogens is 150 g/mol. The van der Waals surface area contributed by atoms with Gasteiger partial charge in [0.1, 0.15) is 0 Å². The summed E-state index contributed by atoms with van der Waals surface area (Å²) >= 11 is 0. The Morgan fingerprint density at radius 2 is 1.92 bits per heavy atom. The lowest BCUT2D eigenvalue weighted by Gasteiger charge is -2.26. The number of hydrogen-bond acceptors (Lipinski definition) is 3. The number of hydrazine groups is 2. The first kappa shape index (κ1) is 7.18. The Morgan fingerprint density at radius 3 is 2.50 bits per heavy atom. The van der Waals surface area contributed by atoms with Crippen LogP contribution in [0.4, 0.5) is 5.69 Å². The van der Waals surface area contributed by atoms with E-state index in [9.17, 15) is 0 Å². The van der Waals surface area contributed by atoms with Crippen LogP contribution in [-0.4, -0.2) is 11.7 Å². The molecule has 0 unspecified atom stereocenters. The zero-order chi connectivity index (χ0) is 8.39. The van der Waals surface area contributed by atoms with Crippen molar-refractivity contribution in [2.24, 2.45) is 5.84 Å². The van der Waals surface area contributed by atoms with Gasteiger partial charge in [0.05, 0.1) is 12.2 Å². The number of rotatable bonds is 1. The molecule has 3 nitrogen and oxygen atoms in total. The van der Waals surface area contributed by atoms with Crippen LogP contribution in [0.1, 0.15) is 0 Å². The molecule has 0 fully saturated rings. The van der Waals surface area contributed by atoms with E-state index in [1.807, 2.05) is 47.6 Å².